The summed E-state index contributed by atoms with van der Waals surface area (Å²) >= 11 is 0. The molecular weight excluding hydrogens is 362 g/mol. The van der Waals surface area contributed by atoms with Crippen molar-refractivity contribution in [1.29, 1.82) is 0 Å². The highest BCUT2D eigenvalue weighted by atomic mass is 32.2. The van der Waals surface area contributed by atoms with Crippen molar-refractivity contribution in [2.24, 2.45) is 5.92 Å². The van der Waals surface area contributed by atoms with Crippen molar-refractivity contribution in [3.05, 3.63) is 59.7 Å². The van der Waals surface area contributed by atoms with Crippen LogP contribution in [0, 0.1) is 5.92 Å². The first kappa shape index (κ1) is 18.5. The molecule has 0 spiro atoms. The predicted molar refractivity (Wildman–Crippen MR) is 103 cm³/mol. The van der Waals surface area contributed by atoms with Crippen LogP contribution in [-0.2, 0) is 22.7 Å². The average Bonchev–Trinajstić information content (AvgIpc) is 3.29. The molecule has 0 bridgehead atoms. The van der Waals surface area contributed by atoms with E-state index in [0.29, 0.717) is 26.1 Å². The van der Waals surface area contributed by atoms with Gasteiger partial charge in [-0.25, -0.2) is 8.42 Å². The van der Waals surface area contributed by atoms with Crippen LogP contribution in [0.2, 0.25) is 0 Å². The lowest BCUT2D eigenvalue weighted by Crippen LogP contribution is -2.37. The Balaban J connectivity index is 1.36. The first-order chi connectivity index (χ1) is 12.9. The molecule has 2 aromatic carbocycles. The Kier molecular flexibility index (Phi) is 4.97. The summed E-state index contributed by atoms with van der Waals surface area (Å²) in [4.78, 5) is 2.31. The molecule has 0 amide bonds. The molecule has 2 atom stereocenters. The molecule has 144 valence electrons. The largest absolute Gasteiger partial charge is 0.508 e. The summed E-state index contributed by atoms with van der Waals surface area (Å²) < 4.78 is 25.6. The second kappa shape index (κ2) is 7.26. The fourth-order valence-electron chi connectivity index (χ4n) is 4.32. The number of sulfone groups is 1. The molecule has 0 radical (unpaired) electrons. The van der Waals surface area contributed by atoms with Gasteiger partial charge in [-0.3, -0.25) is 4.90 Å². The maximum atomic E-state index is 12.8. The Bertz CT molecular complexity index is 885. The summed E-state index contributed by atoms with van der Waals surface area (Å²) in [7, 11) is -3.42. The maximum Gasteiger partial charge on any atom is 0.182 e. The molecule has 0 aromatic heterocycles. The van der Waals surface area contributed by atoms with Gasteiger partial charge < -0.3 is 10.2 Å². The topological polar surface area (TPSA) is 77.8 Å². The third-order valence-electron chi connectivity index (χ3n) is 5.91. The third-order valence-corrected chi connectivity index (χ3v) is 8.10. The number of aromatic hydroxyl groups is 1. The van der Waals surface area contributed by atoms with Crippen LogP contribution in [0.1, 0.15) is 17.5 Å². The minimum atomic E-state index is -3.42. The minimum absolute atomic E-state index is 0.0580. The number of phenols is 1. The van der Waals surface area contributed by atoms with Crippen LogP contribution in [-0.4, -0.2) is 54.5 Å². The van der Waals surface area contributed by atoms with E-state index in [-0.39, 0.29) is 16.6 Å². The Hall–Kier alpha value is -1.89. The minimum Gasteiger partial charge on any atom is -0.508 e. The summed E-state index contributed by atoms with van der Waals surface area (Å²) in [5.41, 5.74) is 2.63. The second-order valence-corrected chi connectivity index (χ2v) is 9.94. The number of hydrogen-bond donors (Lipinski definition) is 2. The van der Waals surface area contributed by atoms with Crippen molar-refractivity contribution in [1.82, 2.24) is 4.90 Å². The Morgan fingerprint density at radius 1 is 1.04 bits per heavy atom. The number of hydrogen-bond acceptors (Lipinski definition) is 5. The van der Waals surface area contributed by atoms with Crippen molar-refractivity contribution in [3.63, 3.8) is 0 Å². The molecule has 4 rings (SSSR count). The molecule has 2 aromatic rings. The zero-order valence-corrected chi connectivity index (χ0v) is 16.0. The van der Waals surface area contributed by atoms with Crippen molar-refractivity contribution < 1.29 is 18.6 Å². The van der Waals surface area contributed by atoms with Crippen molar-refractivity contribution >= 4 is 9.84 Å². The van der Waals surface area contributed by atoms with Crippen molar-refractivity contribution in [3.8, 4) is 5.75 Å². The number of nitrogens with zero attached hydrogens (tertiary/aromatic N) is 1. The predicted octanol–water partition coefficient (Wildman–Crippen LogP) is 2.02. The number of aliphatic hydroxyl groups excluding tert-OH is 1. The van der Waals surface area contributed by atoms with Crippen LogP contribution >= 0.6 is 0 Å². The SMILES string of the molecule is O=S(=O)(c1ccc(O)cc1)C1CCN(CC(O)C2Cc3ccccc3C2)C1. The molecule has 2 aliphatic rings. The highest BCUT2D eigenvalue weighted by Gasteiger charge is 2.36. The van der Waals surface area contributed by atoms with Gasteiger partial charge in [-0.1, -0.05) is 24.3 Å². The van der Waals surface area contributed by atoms with E-state index in [2.05, 4.69) is 17.0 Å². The molecule has 2 N–H and O–H groups in total. The molecule has 0 saturated carbocycles. The quantitative estimate of drug-likeness (QED) is 0.821. The number of benzene rings is 2. The van der Waals surface area contributed by atoms with E-state index in [9.17, 15) is 18.6 Å². The van der Waals surface area contributed by atoms with E-state index in [1.165, 1.54) is 35.4 Å². The number of rotatable bonds is 5. The number of phenolic OH excluding ortho intramolecular Hbond substituents is 1. The summed E-state index contributed by atoms with van der Waals surface area (Å²) in [5.74, 6) is 0.262. The molecule has 5 nitrogen and oxygen atoms in total. The summed E-state index contributed by atoms with van der Waals surface area (Å²) in [5, 5.41) is 19.6. The van der Waals surface area contributed by atoms with Crippen LogP contribution in [0.3, 0.4) is 0 Å². The van der Waals surface area contributed by atoms with Gasteiger partial charge in [-0.2, -0.15) is 0 Å². The van der Waals surface area contributed by atoms with Crippen LogP contribution < -0.4 is 0 Å². The van der Waals surface area contributed by atoms with E-state index in [4.69, 9.17) is 0 Å². The van der Waals surface area contributed by atoms with E-state index in [1.54, 1.807) is 0 Å². The van der Waals surface area contributed by atoms with Gasteiger partial charge in [0.1, 0.15) is 5.75 Å². The molecule has 1 aliphatic heterocycles. The van der Waals surface area contributed by atoms with E-state index in [0.717, 1.165) is 12.8 Å². The maximum absolute atomic E-state index is 12.8. The van der Waals surface area contributed by atoms with Gasteiger partial charge in [0, 0.05) is 13.1 Å². The first-order valence-corrected chi connectivity index (χ1v) is 11.0. The lowest BCUT2D eigenvalue weighted by atomic mass is 9.99. The molecule has 1 aliphatic carbocycles. The number of aliphatic hydroxyl groups is 1. The fraction of sp³-hybridized carbons (Fsp3) is 0.429. The van der Waals surface area contributed by atoms with Gasteiger partial charge >= 0.3 is 0 Å². The molecule has 2 unspecified atom stereocenters. The average molecular weight is 388 g/mol. The van der Waals surface area contributed by atoms with E-state index in [1.807, 2.05) is 12.1 Å². The highest BCUT2D eigenvalue weighted by molar-refractivity contribution is 7.92. The zero-order valence-electron chi connectivity index (χ0n) is 15.2. The van der Waals surface area contributed by atoms with Crippen LogP contribution in [0.5, 0.6) is 5.75 Å². The van der Waals surface area contributed by atoms with Crippen LogP contribution in [0.25, 0.3) is 0 Å². The van der Waals surface area contributed by atoms with Gasteiger partial charge in [0.15, 0.2) is 9.84 Å². The Morgan fingerprint density at radius 3 is 2.30 bits per heavy atom. The summed E-state index contributed by atoms with van der Waals surface area (Å²) in [6.45, 7) is 1.64. The Morgan fingerprint density at radius 2 is 1.67 bits per heavy atom. The third kappa shape index (κ3) is 3.74. The lowest BCUT2D eigenvalue weighted by molar-refractivity contribution is 0.0754. The van der Waals surface area contributed by atoms with Crippen LogP contribution in [0.15, 0.2) is 53.4 Å². The van der Waals surface area contributed by atoms with Gasteiger partial charge in [-0.15, -0.1) is 0 Å². The molecule has 1 fully saturated rings. The lowest BCUT2D eigenvalue weighted by Gasteiger charge is -2.24. The second-order valence-electron chi connectivity index (χ2n) is 7.71. The summed E-state index contributed by atoms with van der Waals surface area (Å²) in [6.07, 6.45) is 1.90. The molecule has 1 heterocycles. The number of β-amino-alcohol motifs (C(OH)–C–C–N with tert-alkyl or cyclic N) is 1. The van der Waals surface area contributed by atoms with Crippen LogP contribution in [0.4, 0.5) is 0 Å². The summed E-state index contributed by atoms with van der Waals surface area (Å²) in [6, 6.07) is 14.0. The van der Waals surface area contributed by atoms with Gasteiger partial charge in [0.2, 0.25) is 0 Å². The Labute approximate surface area is 160 Å². The molecule has 1 saturated heterocycles. The number of likely N-dealkylation sites (tertiary alicyclic amines) is 1. The van der Waals surface area contributed by atoms with Gasteiger partial charge in [0.05, 0.1) is 16.2 Å². The molecule has 27 heavy (non-hydrogen) atoms. The highest BCUT2D eigenvalue weighted by Crippen LogP contribution is 2.30. The first-order valence-electron chi connectivity index (χ1n) is 9.43. The van der Waals surface area contributed by atoms with E-state index < -0.39 is 21.2 Å². The van der Waals surface area contributed by atoms with Crippen molar-refractivity contribution in [2.45, 2.75) is 35.5 Å². The smallest absolute Gasteiger partial charge is 0.182 e. The van der Waals surface area contributed by atoms with Gasteiger partial charge in [-0.05, 0) is 67.1 Å². The zero-order chi connectivity index (χ0) is 19.0. The monoisotopic (exact) mass is 387 g/mol. The standard InChI is InChI=1S/C21H25NO4S/c23-18-5-7-19(8-6-18)27(25,26)20-9-10-22(13-20)14-21(24)17-11-15-3-1-2-4-16(15)12-17/h1-8,17,20-21,23-24H,9-14H2. The molecular formula is C21H25NO4S. The fourth-order valence-corrected chi connectivity index (χ4v) is 6.05. The normalized spacial score (nSPS) is 22.0. The van der Waals surface area contributed by atoms with Crippen molar-refractivity contribution in [2.75, 3.05) is 19.6 Å². The van der Waals surface area contributed by atoms with E-state index >= 15 is 0 Å². The van der Waals surface area contributed by atoms with Gasteiger partial charge in [0.25, 0.3) is 0 Å². The molecule has 6 heteroatoms. The number of fused-ring (bicyclic) bond motifs is 1.